The number of carbonyl (C=O) groups is 2. The zero-order valence-electron chi connectivity index (χ0n) is 16.6. The van der Waals surface area contributed by atoms with Gasteiger partial charge < -0.3 is 15.2 Å². The van der Waals surface area contributed by atoms with Crippen molar-refractivity contribution in [2.75, 3.05) is 6.61 Å². The average Bonchev–Trinajstić information content (AvgIpc) is 3.29. The molecule has 1 aromatic heterocycles. The van der Waals surface area contributed by atoms with Gasteiger partial charge in [-0.2, -0.15) is 5.10 Å². The lowest BCUT2D eigenvalue weighted by Crippen LogP contribution is -2.40. The first-order valence-electron chi connectivity index (χ1n) is 9.66. The van der Waals surface area contributed by atoms with E-state index < -0.39 is 5.97 Å². The summed E-state index contributed by atoms with van der Waals surface area (Å²) < 4.78 is 7.42. The fourth-order valence-corrected chi connectivity index (χ4v) is 3.65. The maximum Gasteiger partial charge on any atom is 0.303 e. The zero-order chi connectivity index (χ0) is 20.3. The summed E-state index contributed by atoms with van der Waals surface area (Å²) in [5.41, 5.74) is 4.12. The molecule has 0 bridgehead atoms. The molecule has 2 N–H and O–H groups in total. The smallest absolute Gasteiger partial charge is 0.303 e. The van der Waals surface area contributed by atoms with Gasteiger partial charge >= 0.3 is 5.97 Å². The number of nitrogens with one attached hydrogen (secondary N) is 1. The van der Waals surface area contributed by atoms with Crippen molar-refractivity contribution >= 4 is 11.9 Å². The van der Waals surface area contributed by atoms with Gasteiger partial charge in [0.1, 0.15) is 0 Å². The molecule has 2 heterocycles. The summed E-state index contributed by atoms with van der Waals surface area (Å²) in [6, 6.07) is 7.24. The number of carbonyl (C=O) groups excluding carboxylic acids is 1. The van der Waals surface area contributed by atoms with Gasteiger partial charge in [0.25, 0.3) is 5.91 Å². The number of aliphatic carboxylic acids is 1. The Kier molecular flexibility index (Phi) is 6.14. The number of benzene rings is 1. The SMILES string of the molecule is Cc1nn(-c2ccc(C(=O)N[C@H](C)[C@H]3CCCO3)cc2)c(C)c1CCC(=O)O. The second-order valence-electron chi connectivity index (χ2n) is 7.32. The molecule has 1 amide bonds. The van der Waals surface area contributed by atoms with Gasteiger partial charge in [-0.15, -0.1) is 0 Å². The molecule has 0 radical (unpaired) electrons. The van der Waals surface area contributed by atoms with Crippen LogP contribution in [0.3, 0.4) is 0 Å². The predicted octanol–water partition coefficient (Wildman–Crippen LogP) is 2.80. The number of rotatable bonds is 7. The van der Waals surface area contributed by atoms with E-state index in [-0.39, 0.29) is 24.5 Å². The van der Waals surface area contributed by atoms with Crippen LogP contribution in [0.25, 0.3) is 5.69 Å². The van der Waals surface area contributed by atoms with Crippen molar-refractivity contribution in [2.45, 2.75) is 58.6 Å². The second-order valence-corrected chi connectivity index (χ2v) is 7.32. The van der Waals surface area contributed by atoms with E-state index in [0.29, 0.717) is 12.0 Å². The Morgan fingerprint density at radius 1 is 1.32 bits per heavy atom. The summed E-state index contributed by atoms with van der Waals surface area (Å²) in [5, 5.41) is 16.5. The highest BCUT2D eigenvalue weighted by Crippen LogP contribution is 2.20. The molecule has 3 rings (SSSR count). The van der Waals surface area contributed by atoms with Gasteiger partial charge in [0.15, 0.2) is 0 Å². The van der Waals surface area contributed by atoms with Gasteiger partial charge in [0.05, 0.1) is 23.5 Å². The zero-order valence-corrected chi connectivity index (χ0v) is 16.6. The minimum atomic E-state index is -0.820. The van der Waals surface area contributed by atoms with Crippen LogP contribution in [0.15, 0.2) is 24.3 Å². The highest BCUT2D eigenvalue weighted by Gasteiger charge is 2.24. The van der Waals surface area contributed by atoms with Crippen LogP contribution in [0.5, 0.6) is 0 Å². The van der Waals surface area contributed by atoms with Crippen LogP contribution in [-0.2, 0) is 16.0 Å². The predicted molar refractivity (Wildman–Crippen MR) is 105 cm³/mol. The van der Waals surface area contributed by atoms with E-state index >= 15 is 0 Å². The monoisotopic (exact) mass is 385 g/mol. The van der Waals surface area contributed by atoms with Crippen LogP contribution in [0.1, 0.15) is 53.5 Å². The van der Waals surface area contributed by atoms with E-state index in [2.05, 4.69) is 10.4 Å². The topological polar surface area (TPSA) is 93.5 Å². The number of aryl methyl sites for hydroxylation is 1. The average molecular weight is 385 g/mol. The molecule has 0 saturated carbocycles. The molecule has 0 spiro atoms. The van der Waals surface area contributed by atoms with Crippen LogP contribution in [0, 0.1) is 13.8 Å². The third-order valence-corrected chi connectivity index (χ3v) is 5.29. The van der Waals surface area contributed by atoms with E-state index in [1.165, 1.54) is 0 Å². The number of hydrogen-bond donors (Lipinski definition) is 2. The lowest BCUT2D eigenvalue weighted by atomic mass is 10.1. The molecule has 28 heavy (non-hydrogen) atoms. The Hall–Kier alpha value is -2.67. The first-order chi connectivity index (χ1) is 13.4. The molecule has 7 nitrogen and oxygen atoms in total. The standard InChI is InChI=1S/C21H27N3O4/c1-13-18(10-11-20(25)26)15(3)24(23-13)17-8-6-16(7-9-17)21(27)22-14(2)19-5-4-12-28-19/h6-9,14,19H,4-5,10-12H2,1-3H3,(H,22,27)(H,25,26)/t14-,19-/m1/s1. The van der Waals surface area contributed by atoms with Gasteiger partial charge in [-0.05, 0) is 69.9 Å². The Morgan fingerprint density at radius 3 is 2.64 bits per heavy atom. The molecule has 1 fully saturated rings. The molecular formula is C21H27N3O4. The van der Waals surface area contributed by atoms with Crippen molar-refractivity contribution in [3.8, 4) is 5.69 Å². The molecule has 1 aliphatic rings. The highest BCUT2D eigenvalue weighted by atomic mass is 16.5. The van der Waals surface area contributed by atoms with E-state index in [4.69, 9.17) is 9.84 Å². The fourth-order valence-electron chi connectivity index (χ4n) is 3.65. The lowest BCUT2D eigenvalue weighted by molar-refractivity contribution is -0.136. The Labute approximate surface area is 164 Å². The number of ether oxygens (including phenoxy) is 1. The molecule has 0 unspecified atom stereocenters. The van der Waals surface area contributed by atoms with E-state index in [0.717, 1.165) is 42.1 Å². The molecule has 0 aliphatic carbocycles. The quantitative estimate of drug-likeness (QED) is 0.764. The third kappa shape index (κ3) is 4.42. The number of nitrogens with zero attached hydrogens (tertiary/aromatic N) is 2. The maximum atomic E-state index is 12.5. The van der Waals surface area contributed by atoms with Gasteiger partial charge in [0, 0.05) is 24.3 Å². The molecule has 1 saturated heterocycles. The maximum absolute atomic E-state index is 12.5. The Balaban J connectivity index is 1.71. The molecule has 2 aromatic rings. The van der Waals surface area contributed by atoms with Crippen LogP contribution in [0.2, 0.25) is 0 Å². The summed E-state index contributed by atoms with van der Waals surface area (Å²) in [6.45, 7) is 6.55. The van der Waals surface area contributed by atoms with Crippen LogP contribution >= 0.6 is 0 Å². The van der Waals surface area contributed by atoms with Crippen molar-refractivity contribution in [3.63, 3.8) is 0 Å². The molecule has 150 valence electrons. The van der Waals surface area contributed by atoms with E-state index in [1.54, 1.807) is 16.8 Å². The van der Waals surface area contributed by atoms with Crippen LogP contribution in [0.4, 0.5) is 0 Å². The Bertz CT molecular complexity index is 851. The molecule has 1 aromatic carbocycles. The summed E-state index contributed by atoms with van der Waals surface area (Å²) in [4.78, 5) is 23.3. The van der Waals surface area contributed by atoms with Crippen molar-refractivity contribution < 1.29 is 19.4 Å². The number of carboxylic acids is 1. The molecule has 2 atom stereocenters. The highest BCUT2D eigenvalue weighted by molar-refractivity contribution is 5.94. The van der Waals surface area contributed by atoms with Gasteiger partial charge in [-0.25, -0.2) is 4.68 Å². The summed E-state index contributed by atoms with van der Waals surface area (Å²) in [6.07, 6.45) is 2.63. The van der Waals surface area contributed by atoms with Gasteiger partial charge in [-0.1, -0.05) is 0 Å². The molecule has 1 aliphatic heterocycles. The van der Waals surface area contributed by atoms with Crippen molar-refractivity contribution in [1.82, 2.24) is 15.1 Å². The summed E-state index contributed by atoms with van der Waals surface area (Å²) >= 11 is 0. The van der Waals surface area contributed by atoms with Gasteiger partial charge in [0.2, 0.25) is 0 Å². The van der Waals surface area contributed by atoms with Crippen molar-refractivity contribution in [3.05, 3.63) is 46.8 Å². The van der Waals surface area contributed by atoms with Crippen molar-refractivity contribution in [2.24, 2.45) is 0 Å². The van der Waals surface area contributed by atoms with Crippen LogP contribution in [-0.4, -0.2) is 45.5 Å². The largest absolute Gasteiger partial charge is 0.481 e. The number of aromatic nitrogens is 2. The lowest BCUT2D eigenvalue weighted by Gasteiger charge is -2.20. The second kappa shape index (κ2) is 8.56. The first kappa shape index (κ1) is 20.1. The Morgan fingerprint density at radius 2 is 2.04 bits per heavy atom. The minimum absolute atomic E-state index is 0.0255. The fraction of sp³-hybridized carbons (Fsp3) is 0.476. The van der Waals surface area contributed by atoms with E-state index in [9.17, 15) is 9.59 Å². The first-order valence-corrected chi connectivity index (χ1v) is 9.66. The molecule has 7 heteroatoms. The van der Waals surface area contributed by atoms with Crippen molar-refractivity contribution in [1.29, 1.82) is 0 Å². The molecular weight excluding hydrogens is 358 g/mol. The number of amides is 1. The van der Waals surface area contributed by atoms with Gasteiger partial charge in [-0.3, -0.25) is 9.59 Å². The minimum Gasteiger partial charge on any atom is -0.481 e. The number of carboxylic acid groups (broad SMARTS) is 1. The number of hydrogen-bond acceptors (Lipinski definition) is 4. The summed E-state index contributed by atoms with van der Waals surface area (Å²) in [7, 11) is 0. The normalized spacial score (nSPS) is 17.5. The van der Waals surface area contributed by atoms with E-state index in [1.807, 2.05) is 32.9 Å². The third-order valence-electron chi connectivity index (χ3n) is 5.29. The van der Waals surface area contributed by atoms with Crippen LogP contribution < -0.4 is 5.32 Å². The summed E-state index contributed by atoms with van der Waals surface area (Å²) in [5.74, 6) is -0.941.